The Morgan fingerprint density at radius 2 is 2.16 bits per heavy atom. The Kier molecular flexibility index (Phi) is 4.97. The van der Waals surface area contributed by atoms with Crippen LogP contribution in [0.3, 0.4) is 0 Å². The number of likely N-dealkylation sites (tertiary alicyclic amines) is 1. The molecule has 2 unspecified atom stereocenters. The van der Waals surface area contributed by atoms with Gasteiger partial charge in [-0.05, 0) is 37.3 Å². The summed E-state index contributed by atoms with van der Waals surface area (Å²) in [5.41, 5.74) is 1.34. The molecule has 0 spiro atoms. The number of carboxylic acids is 1. The fourth-order valence-electron chi connectivity index (χ4n) is 2.93. The van der Waals surface area contributed by atoms with E-state index in [9.17, 15) is 4.79 Å². The predicted octanol–water partition coefficient (Wildman–Crippen LogP) is 3.01. The highest BCUT2D eigenvalue weighted by Crippen LogP contribution is 2.26. The number of carbonyl (C=O) groups is 1. The molecule has 1 heterocycles. The number of nitrogens with zero attached hydrogens (tertiary/aromatic N) is 1. The van der Waals surface area contributed by atoms with Crippen LogP contribution in [0.25, 0.3) is 0 Å². The first kappa shape index (κ1) is 14.1. The first-order valence-electron chi connectivity index (χ1n) is 7.18. The number of hydrogen-bond acceptors (Lipinski definition) is 2. The van der Waals surface area contributed by atoms with Gasteiger partial charge in [-0.2, -0.15) is 0 Å². The molecule has 104 valence electrons. The van der Waals surface area contributed by atoms with Gasteiger partial charge in [-0.25, -0.2) is 0 Å². The highest BCUT2D eigenvalue weighted by molar-refractivity contribution is 5.69. The van der Waals surface area contributed by atoms with E-state index < -0.39 is 5.97 Å². The fourth-order valence-corrected chi connectivity index (χ4v) is 2.93. The minimum absolute atomic E-state index is 0.165. The van der Waals surface area contributed by atoms with Crippen LogP contribution in [0.15, 0.2) is 30.3 Å². The Bertz CT molecular complexity index is 404. The maximum Gasteiger partial charge on any atom is 0.306 e. The summed E-state index contributed by atoms with van der Waals surface area (Å²) in [5.74, 6) is -0.254. The quantitative estimate of drug-likeness (QED) is 0.855. The standard InChI is InChI=1S/C16H23NO2/c1-2-15(16(18)19)10-14-8-9-17(12-14)11-13-6-4-3-5-7-13/h3-7,14-15H,2,8-12H2,1H3,(H,18,19). The van der Waals surface area contributed by atoms with Crippen LogP contribution in [-0.4, -0.2) is 29.1 Å². The van der Waals surface area contributed by atoms with E-state index >= 15 is 0 Å². The normalized spacial score (nSPS) is 21.4. The van der Waals surface area contributed by atoms with Crippen molar-refractivity contribution in [2.75, 3.05) is 13.1 Å². The summed E-state index contributed by atoms with van der Waals surface area (Å²) in [6.07, 6.45) is 2.71. The number of hydrogen-bond donors (Lipinski definition) is 1. The van der Waals surface area contributed by atoms with Crippen LogP contribution < -0.4 is 0 Å². The molecule has 0 bridgehead atoms. The zero-order chi connectivity index (χ0) is 13.7. The number of carboxylic acid groups (broad SMARTS) is 1. The third-order valence-corrected chi connectivity index (χ3v) is 4.08. The third-order valence-electron chi connectivity index (χ3n) is 4.08. The molecule has 0 amide bonds. The Morgan fingerprint density at radius 3 is 2.79 bits per heavy atom. The maximum atomic E-state index is 11.1. The first-order chi connectivity index (χ1) is 9.19. The highest BCUT2D eigenvalue weighted by atomic mass is 16.4. The molecule has 1 saturated heterocycles. The van der Waals surface area contributed by atoms with E-state index in [4.69, 9.17) is 5.11 Å². The molecule has 2 rings (SSSR count). The van der Waals surface area contributed by atoms with Gasteiger partial charge in [0.1, 0.15) is 0 Å². The van der Waals surface area contributed by atoms with Gasteiger partial charge in [-0.1, -0.05) is 37.3 Å². The Labute approximate surface area is 115 Å². The van der Waals surface area contributed by atoms with Gasteiger partial charge in [0.05, 0.1) is 5.92 Å². The summed E-state index contributed by atoms with van der Waals surface area (Å²) in [7, 11) is 0. The van der Waals surface area contributed by atoms with Gasteiger partial charge >= 0.3 is 5.97 Å². The van der Waals surface area contributed by atoms with Crippen LogP contribution in [0.2, 0.25) is 0 Å². The SMILES string of the molecule is CCC(CC1CCN(Cc2ccccc2)C1)C(=O)O. The minimum Gasteiger partial charge on any atom is -0.481 e. The van der Waals surface area contributed by atoms with E-state index in [0.717, 1.165) is 38.9 Å². The van der Waals surface area contributed by atoms with Crippen molar-refractivity contribution < 1.29 is 9.90 Å². The van der Waals surface area contributed by atoms with Gasteiger partial charge in [0.15, 0.2) is 0 Å². The molecule has 1 aromatic rings. The average Bonchev–Trinajstić information content (AvgIpc) is 2.84. The summed E-state index contributed by atoms with van der Waals surface area (Å²) in [5, 5.41) is 9.12. The fraction of sp³-hybridized carbons (Fsp3) is 0.562. The van der Waals surface area contributed by atoms with Crippen molar-refractivity contribution in [1.29, 1.82) is 0 Å². The van der Waals surface area contributed by atoms with E-state index in [2.05, 4.69) is 29.2 Å². The van der Waals surface area contributed by atoms with Gasteiger partial charge in [0, 0.05) is 13.1 Å². The lowest BCUT2D eigenvalue weighted by Crippen LogP contribution is -2.22. The molecule has 1 fully saturated rings. The maximum absolute atomic E-state index is 11.1. The molecular formula is C16H23NO2. The molecule has 0 saturated carbocycles. The molecule has 3 heteroatoms. The molecule has 1 N–H and O–H groups in total. The topological polar surface area (TPSA) is 40.5 Å². The van der Waals surface area contributed by atoms with Gasteiger partial charge in [0.25, 0.3) is 0 Å². The summed E-state index contributed by atoms with van der Waals surface area (Å²) < 4.78 is 0. The summed E-state index contributed by atoms with van der Waals surface area (Å²) >= 11 is 0. The molecule has 1 aliphatic rings. The Hall–Kier alpha value is -1.35. The van der Waals surface area contributed by atoms with Crippen LogP contribution >= 0.6 is 0 Å². The van der Waals surface area contributed by atoms with E-state index in [1.54, 1.807) is 0 Å². The largest absolute Gasteiger partial charge is 0.481 e. The molecule has 0 aliphatic carbocycles. The van der Waals surface area contributed by atoms with Crippen molar-refractivity contribution in [3.8, 4) is 0 Å². The lowest BCUT2D eigenvalue weighted by molar-refractivity contribution is -0.142. The van der Waals surface area contributed by atoms with E-state index in [0.29, 0.717) is 5.92 Å². The van der Waals surface area contributed by atoms with Gasteiger partial charge in [-0.15, -0.1) is 0 Å². The monoisotopic (exact) mass is 261 g/mol. The van der Waals surface area contributed by atoms with E-state index in [1.807, 2.05) is 13.0 Å². The van der Waals surface area contributed by atoms with E-state index in [1.165, 1.54) is 5.56 Å². The second-order valence-electron chi connectivity index (χ2n) is 5.55. The van der Waals surface area contributed by atoms with Gasteiger partial charge in [0.2, 0.25) is 0 Å². The summed E-state index contributed by atoms with van der Waals surface area (Å²) in [4.78, 5) is 13.5. The van der Waals surface area contributed by atoms with Crippen molar-refractivity contribution in [2.45, 2.75) is 32.7 Å². The molecule has 1 aliphatic heterocycles. The minimum atomic E-state index is -0.635. The zero-order valence-electron chi connectivity index (χ0n) is 11.6. The van der Waals surface area contributed by atoms with Gasteiger partial charge < -0.3 is 5.11 Å². The molecule has 19 heavy (non-hydrogen) atoms. The average molecular weight is 261 g/mol. The molecule has 2 atom stereocenters. The Morgan fingerprint density at radius 1 is 1.42 bits per heavy atom. The van der Waals surface area contributed by atoms with Crippen molar-refractivity contribution in [1.82, 2.24) is 4.90 Å². The molecule has 3 nitrogen and oxygen atoms in total. The van der Waals surface area contributed by atoms with Crippen LogP contribution in [0, 0.1) is 11.8 Å². The van der Waals surface area contributed by atoms with Crippen LogP contribution in [-0.2, 0) is 11.3 Å². The second kappa shape index (κ2) is 6.71. The third kappa shape index (κ3) is 4.06. The number of benzene rings is 1. The summed E-state index contributed by atoms with van der Waals surface area (Å²) in [6, 6.07) is 10.5. The lowest BCUT2D eigenvalue weighted by atomic mass is 9.92. The van der Waals surface area contributed by atoms with Crippen LogP contribution in [0.1, 0.15) is 31.7 Å². The molecular weight excluding hydrogens is 238 g/mol. The predicted molar refractivity (Wildman–Crippen MR) is 75.9 cm³/mol. The van der Waals surface area contributed by atoms with Crippen LogP contribution in [0.4, 0.5) is 0 Å². The van der Waals surface area contributed by atoms with Crippen molar-refractivity contribution in [2.24, 2.45) is 11.8 Å². The smallest absolute Gasteiger partial charge is 0.306 e. The number of rotatable bonds is 6. The van der Waals surface area contributed by atoms with Gasteiger partial charge in [-0.3, -0.25) is 9.69 Å². The first-order valence-corrected chi connectivity index (χ1v) is 7.18. The second-order valence-corrected chi connectivity index (χ2v) is 5.55. The molecule has 0 aromatic heterocycles. The Balaban J connectivity index is 1.81. The van der Waals surface area contributed by atoms with Crippen molar-refractivity contribution in [3.05, 3.63) is 35.9 Å². The summed E-state index contributed by atoms with van der Waals surface area (Å²) in [6.45, 7) is 5.09. The molecule has 0 radical (unpaired) electrons. The lowest BCUT2D eigenvalue weighted by Gasteiger charge is -2.18. The van der Waals surface area contributed by atoms with Crippen molar-refractivity contribution >= 4 is 5.97 Å². The number of aliphatic carboxylic acids is 1. The van der Waals surface area contributed by atoms with E-state index in [-0.39, 0.29) is 5.92 Å². The highest BCUT2D eigenvalue weighted by Gasteiger charge is 2.27. The van der Waals surface area contributed by atoms with Crippen molar-refractivity contribution in [3.63, 3.8) is 0 Å². The molecule has 1 aromatic carbocycles. The van der Waals surface area contributed by atoms with Crippen LogP contribution in [0.5, 0.6) is 0 Å². The zero-order valence-corrected chi connectivity index (χ0v) is 11.6.